The van der Waals surface area contributed by atoms with Crippen molar-refractivity contribution >= 4 is 17.4 Å². The summed E-state index contributed by atoms with van der Waals surface area (Å²) in [5, 5.41) is 10.7. The first-order valence-electron chi connectivity index (χ1n) is 10.1. The zero-order valence-corrected chi connectivity index (χ0v) is 18.1. The summed E-state index contributed by atoms with van der Waals surface area (Å²) in [5.41, 5.74) is 3.64. The highest BCUT2D eigenvalue weighted by Crippen LogP contribution is 2.65. The zero-order valence-electron chi connectivity index (χ0n) is 17.4. The Bertz CT molecular complexity index is 1090. The summed E-state index contributed by atoms with van der Waals surface area (Å²) in [5.74, 6) is 1.29. The number of ketones is 1. The van der Waals surface area contributed by atoms with Gasteiger partial charge in [-0.25, -0.2) is 0 Å². The number of carbonyl (C=O) groups is 1. The van der Waals surface area contributed by atoms with Crippen LogP contribution >= 0.6 is 11.6 Å². The monoisotopic (exact) mass is 420 g/mol. The van der Waals surface area contributed by atoms with Crippen LogP contribution in [-0.4, -0.2) is 18.0 Å². The summed E-state index contributed by atoms with van der Waals surface area (Å²) < 4.78 is 5.40. The van der Waals surface area contributed by atoms with Crippen molar-refractivity contribution in [3.05, 3.63) is 82.9 Å². The number of phenols is 1. The second-order valence-electron chi connectivity index (χ2n) is 8.52. The fourth-order valence-corrected chi connectivity index (χ4v) is 4.83. The van der Waals surface area contributed by atoms with Gasteiger partial charge in [0.05, 0.1) is 7.11 Å². The molecule has 1 fully saturated rings. The van der Waals surface area contributed by atoms with Gasteiger partial charge < -0.3 is 9.84 Å². The van der Waals surface area contributed by atoms with Crippen molar-refractivity contribution < 1.29 is 14.6 Å². The Morgan fingerprint density at radius 2 is 1.77 bits per heavy atom. The Labute approximate surface area is 182 Å². The third-order valence-electron chi connectivity index (χ3n) is 6.27. The molecule has 4 heteroatoms. The maximum atomic E-state index is 13.2. The van der Waals surface area contributed by atoms with E-state index in [4.69, 9.17) is 16.3 Å². The van der Waals surface area contributed by atoms with Crippen molar-refractivity contribution in [1.29, 1.82) is 0 Å². The van der Waals surface area contributed by atoms with E-state index in [2.05, 4.69) is 26.0 Å². The standard InChI is InChI=1S/C26H25ClO3/c1-26(2)24(17-10-8-16(9-11-17)20-6-4-5-7-21(20)28)25(26)22(29)15-18-14-19(27)12-13-23(18)30-3/h4-14,24-25,28H,15H2,1-3H3/t24-,25-/m1/s1. The molecule has 2 atom stereocenters. The van der Waals surface area contributed by atoms with Crippen LogP contribution in [-0.2, 0) is 11.2 Å². The molecule has 3 aromatic carbocycles. The number of carbonyl (C=O) groups excluding carboxylic acids is 1. The number of methoxy groups -OCH3 is 1. The summed E-state index contributed by atoms with van der Waals surface area (Å²) >= 11 is 6.12. The van der Waals surface area contributed by atoms with E-state index >= 15 is 0 Å². The lowest BCUT2D eigenvalue weighted by Crippen LogP contribution is -2.10. The smallest absolute Gasteiger partial charge is 0.141 e. The Balaban J connectivity index is 1.54. The highest BCUT2D eigenvalue weighted by atomic mass is 35.5. The van der Waals surface area contributed by atoms with Crippen LogP contribution in [0.5, 0.6) is 11.5 Å². The molecule has 3 nitrogen and oxygen atoms in total. The van der Waals surface area contributed by atoms with Crippen molar-refractivity contribution in [2.75, 3.05) is 7.11 Å². The SMILES string of the molecule is COc1ccc(Cl)cc1CC(=O)[C@@H]1[C@@H](c2ccc(-c3ccccc3O)cc2)C1(C)C. The first kappa shape index (κ1) is 20.5. The predicted octanol–water partition coefficient (Wildman–Crippen LogP) is 6.27. The van der Waals surface area contributed by atoms with Gasteiger partial charge >= 0.3 is 0 Å². The number of rotatable bonds is 6. The second-order valence-corrected chi connectivity index (χ2v) is 8.95. The summed E-state index contributed by atoms with van der Waals surface area (Å²) in [6.45, 7) is 4.29. The lowest BCUT2D eigenvalue weighted by molar-refractivity contribution is -0.120. The molecule has 0 bridgehead atoms. The molecule has 30 heavy (non-hydrogen) atoms. The average Bonchev–Trinajstić information content (AvgIpc) is 3.31. The van der Waals surface area contributed by atoms with Gasteiger partial charge in [-0.1, -0.05) is 67.9 Å². The molecule has 1 aliphatic carbocycles. The molecule has 1 aliphatic rings. The summed E-state index contributed by atoms with van der Waals surface area (Å²) in [4.78, 5) is 13.2. The molecule has 0 amide bonds. The van der Waals surface area contributed by atoms with E-state index in [1.165, 1.54) is 0 Å². The van der Waals surface area contributed by atoms with Crippen LogP contribution in [0.25, 0.3) is 11.1 Å². The number of Topliss-reactive ketones (excluding diaryl/α,β-unsaturated/α-hetero) is 1. The van der Waals surface area contributed by atoms with Gasteiger partial charge in [0.25, 0.3) is 0 Å². The third kappa shape index (κ3) is 3.70. The van der Waals surface area contributed by atoms with Crippen LogP contribution in [0.15, 0.2) is 66.7 Å². The lowest BCUT2D eigenvalue weighted by Gasteiger charge is -2.09. The van der Waals surface area contributed by atoms with E-state index in [-0.39, 0.29) is 28.8 Å². The number of phenolic OH excluding ortho intramolecular Hbond substituents is 1. The van der Waals surface area contributed by atoms with Crippen molar-refractivity contribution in [2.24, 2.45) is 11.3 Å². The van der Waals surface area contributed by atoms with Gasteiger partial charge in [0.1, 0.15) is 17.3 Å². The maximum Gasteiger partial charge on any atom is 0.141 e. The number of benzene rings is 3. The van der Waals surface area contributed by atoms with Gasteiger partial charge in [0.2, 0.25) is 0 Å². The molecule has 0 heterocycles. The quantitative estimate of drug-likeness (QED) is 0.511. The van der Waals surface area contributed by atoms with E-state index in [0.29, 0.717) is 17.2 Å². The Morgan fingerprint density at radius 3 is 2.43 bits per heavy atom. The van der Waals surface area contributed by atoms with Gasteiger partial charge in [-0.3, -0.25) is 4.79 Å². The molecule has 1 N–H and O–H groups in total. The number of aromatic hydroxyl groups is 1. The summed E-state index contributed by atoms with van der Waals surface area (Å²) in [7, 11) is 1.60. The van der Waals surface area contributed by atoms with Gasteiger partial charge in [0, 0.05) is 28.5 Å². The fraction of sp³-hybridized carbons (Fsp3) is 0.269. The maximum absolute atomic E-state index is 13.2. The van der Waals surface area contributed by atoms with Crippen LogP contribution in [0, 0.1) is 11.3 Å². The predicted molar refractivity (Wildman–Crippen MR) is 120 cm³/mol. The highest BCUT2D eigenvalue weighted by molar-refractivity contribution is 6.30. The molecule has 4 rings (SSSR count). The number of ether oxygens (including phenoxy) is 1. The minimum Gasteiger partial charge on any atom is -0.507 e. The van der Waals surface area contributed by atoms with E-state index in [1.54, 1.807) is 25.3 Å². The Morgan fingerprint density at radius 1 is 1.07 bits per heavy atom. The van der Waals surface area contributed by atoms with Crippen LogP contribution in [0.4, 0.5) is 0 Å². The first-order chi connectivity index (χ1) is 14.3. The second kappa shape index (κ2) is 7.81. The number of hydrogen-bond donors (Lipinski definition) is 1. The van der Waals surface area contributed by atoms with Crippen LogP contribution in [0.2, 0.25) is 5.02 Å². The third-order valence-corrected chi connectivity index (χ3v) is 6.50. The molecular weight excluding hydrogens is 396 g/mol. The normalized spacial score (nSPS) is 19.3. The average molecular weight is 421 g/mol. The van der Waals surface area contributed by atoms with E-state index in [0.717, 1.165) is 22.3 Å². The zero-order chi connectivity index (χ0) is 21.5. The molecule has 0 aliphatic heterocycles. The molecule has 0 saturated heterocycles. The van der Waals surface area contributed by atoms with Gasteiger partial charge in [0.15, 0.2) is 0 Å². The van der Waals surface area contributed by atoms with Gasteiger partial charge in [-0.05, 0) is 46.7 Å². The van der Waals surface area contributed by atoms with Gasteiger partial charge in [-0.15, -0.1) is 0 Å². The first-order valence-corrected chi connectivity index (χ1v) is 10.4. The Hall–Kier alpha value is -2.78. The molecule has 0 unspecified atom stereocenters. The molecule has 3 aromatic rings. The number of hydrogen-bond acceptors (Lipinski definition) is 3. The molecule has 154 valence electrons. The van der Waals surface area contributed by atoms with Crippen LogP contribution < -0.4 is 4.74 Å². The van der Waals surface area contributed by atoms with E-state index in [9.17, 15) is 9.90 Å². The van der Waals surface area contributed by atoms with Gasteiger partial charge in [-0.2, -0.15) is 0 Å². The Kier molecular flexibility index (Phi) is 5.33. The number of para-hydroxylation sites is 1. The molecule has 0 spiro atoms. The molecule has 1 saturated carbocycles. The number of halogens is 1. The summed E-state index contributed by atoms with van der Waals surface area (Å²) in [6, 6.07) is 20.9. The molecule has 0 aromatic heterocycles. The minimum atomic E-state index is -0.0979. The van der Waals surface area contributed by atoms with Crippen LogP contribution in [0.1, 0.15) is 30.9 Å². The fourth-order valence-electron chi connectivity index (χ4n) is 4.63. The van der Waals surface area contributed by atoms with Crippen molar-refractivity contribution in [2.45, 2.75) is 26.2 Å². The molecular formula is C26H25ClO3. The van der Waals surface area contributed by atoms with Crippen molar-refractivity contribution in [3.8, 4) is 22.6 Å². The largest absolute Gasteiger partial charge is 0.507 e. The topological polar surface area (TPSA) is 46.5 Å². The lowest BCUT2D eigenvalue weighted by atomic mass is 9.98. The van der Waals surface area contributed by atoms with Crippen molar-refractivity contribution in [3.63, 3.8) is 0 Å². The summed E-state index contributed by atoms with van der Waals surface area (Å²) in [6.07, 6.45) is 0.310. The van der Waals surface area contributed by atoms with Crippen molar-refractivity contribution in [1.82, 2.24) is 0 Å². The highest BCUT2D eigenvalue weighted by Gasteiger charge is 2.61. The van der Waals surface area contributed by atoms with E-state index < -0.39 is 0 Å². The molecule has 0 radical (unpaired) electrons. The minimum absolute atomic E-state index is 0.0443. The van der Waals surface area contributed by atoms with Crippen LogP contribution in [0.3, 0.4) is 0 Å². The van der Waals surface area contributed by atoms with E-state index in [1.807, 2.05) is 36.4 Å².